The number of Topliss-reactive ketones (excluding diaryl/α,β-unsaturated/α-hetero) is 1. The molecule has 0 heterocycles. The minimum atomic E-state index is -0.489. The van der Waals surface area contributed by atoms with E-state index in [0.717, 1.165) is 12.8 Å². The molecule has 0 spiro atoms. The first-order valence-electron chi connectivity index (χ1n) is 6.90. The van der Waals surface area contributed by atoms with E-state index < -0.39 is 5.54 Å². The number of carbonyl (C=O) groups excluding carboxylic acids is 1. The van der Waals surface area contributed by atoms with E-state index >= 15 is 0 Å². The smallest absolute Gasteiger partial charge is 0.183 e. The van der Waals surface area contributed by atoms with E-state index in [2.05, 4.69) is 0 Å². The summed E-state index contributed by atoms with van der Waals surface area (Å²) in [4.78, 5) is 15.0. The number of ether oxygens (including phenoxy) is 2. The largest absolute Gasteiger partial charge is 0.497 e. The van der Waals surface area contributed by atoms with Gasteiger partial charge in [-0.2, -0.15) is 0 Å². The van der Waals surface area contributed by atoms with Crippen LogP contribution in [0.25, 0.3) is 0 Å². The summed E-state index contributed by atoms with van der Waals surface area (Å²) in [5, 5.41) is 0. The van der Waals surface area contributed by atoms with Gasteiger partial charge in [-0.25, -0.2) is 0 Å². The molecule has 0 aromatic heterocycles. The summed E-state index contributed by atoms with van der Waals surface area (Å²) in [6.45, 7) is 4.08. The Morgan fingerprint density at radius 1 is 1.05 bits per heavy atom. The zero-order valence-corrected chi connectivity index (χ0v) is 13.3. The molecule has 1 aromatic carbocycles. The van der Waals surface area contributed by atoms with Crippen LogP contribution in [-0.2, 0) is 0 Å². The van der Waals surface area contributed by atoms with E-state index in [0.29, 0.717) is 17.1 Å². The predicted molar refractivity (Wildman–Crippen MR) is 80.9 cm³/mol. The van der Waals surface area contributed by atoms with Gasteiger partial charge in [0, 0.05) is 11.6 Å². The fourth-order valence-corrected chi connectivity index (χ4v) is 2.61. The molecule has 0 aliphatic carbocycles. The molecule has 20 heavy (non-hydrogen) atoms. The van der Waals surface area contributed by atoms with Gasteiger partial charge in [-0.3, -0.25) is 9.69 Å². The van der Waals surface area contributed by atoms with Crippen molar-refractivity contribution < 1.29 is 14.3 Å². The first kappa shape index (κ1) is 16.5. The Morgan fingerprint density at radius 3 is 1.80 bits per heavy atom. The molecular formula is C16H25NO3. The third-order valence-electron chi connectivity index (χ3n) is 4.06. The molecule has 0 saturated carbocycles. The lowest BCUT2D eigenvalue weighted by molar-refractivity contribution is 0.0655. The standard InChI is InChI=1S/C16H25NO3/c1-7-16(8-2,17(3)4)15(18)12-9-13(19-5)11-14(10-12)20-6/h9-11H,7-8H2,1-6H3. The van der Waals surface area contributed by atoms with Gasteiger partial charge in [0.2, 0.25) is 0 Å². The van der Waals surface area contributed by atoms with Crippen LogP contribution in [0.2, 0.25) is 0 Å². The maximum Gasteiger partial charge on any atom is 0.183 e. The number of hydrogen-bond donors (Lipinski definition) is 0. The summed E-state index contributed by atoms with van der Waals surface area (Å²) >= 11 is 0. The van der Waals surface area contributed by atoms with Crippen molar-refractivity contribution in [2.75, 3.05) is 28.3 Å². The number of benzene rings is 1. The zero-order valence-electron chi connectivity index (χ0n) is 13.3. The Bertz CT molecular complexity index is 443. The van der Waals surface area contributed by atoms with Gasteiger partial charge in [-0.05, 0) is 39.1 Å². The highest BCUT2D eigenvalue weighted by atomic mass is 16.5. The van der Waals surface area contributed by atoms with Crippen LogP contribution in [0.1, 0.15) is 37.0 Å². The average molecular weight is 279 g/mol. The average Bonchev–Trinajstić information content (AvgIpc) is 2.47. The van der Waals surface area contributed by atoms with E-state index in [4.69, 9.17) is 9.47 Å². The lowest BCUT2D eigenvalue weighted by atomic mass is 9.83. The zero-order chi connectivity index (χ0) is 15.3. The van der Waals surface area contributed by atoms with Crippen molar-refractivity contribution in [1.82, 2.24) is 4.90 Å². The van der Waals surface area contributed by atoms with Gasteiger partial charge >= 0.3 is 0 Å². The number of nitrogens with zero attached hydrogens (tertiary/aromatic N) is 1. The number of carbonyl (C=O) groups is 1. The van der Waals surface area contributed by atoms with E-state index in [9.17, 15) is 4.79 Å². The first-order valence-corrected chi connectivity index (χ1v) is 6.90. The van der Waals surface area contributed by atoms with Crippen molar-refractivity contribution in [2.45, 2.75) is 32.2 Å². The molecule has 1 rings (SSSR count). The molecule has 112 valence electrons. The maximum atomic E-state index is 13.0. The topological polar surface area (TPSA) is 38.8 Å². The maximum absolute atomic E-state index is 13.0. The monoisotopic (exact) mass is 279 g/mol. The van der Waals surface area contributed by atoms with Crippen LogP contribution < -0.4 is 9.47 Å². The molecular weight excluding hydrogens is 254 g/mol. The second-order valence-electron chi connectivity index (χ2n) is 5.06. The molecule has 0 N–H and O–H groups in total. The number of ketones is 1. The SMILES string of the molecule is CCC(CC)(C(=O)c1cc(OC)cc(OC)c1)N(C)C. The van der Waals surface area contributed by atoms with Gasteiger partial charge in [0.05, 0.1) is 19.8 Å². The van der Waals surface area contributed by atoms with Crippen LogP contribution in [-0.4, -0.2) is 44.5 Å². The first-order chi connectivity index (χ1) is 9.44. The van der Waals surface area contributed by atoms with Crippen molar-refractivity contribution in [3.63, 3.8) is 0 Å². The second kappa shape index (κ2) is 6.75. The van der Waals surface area contributed by atoms with Crippen molar-refractivity contribution in [3.8, 4) is 11.5 Å². The Kier molecular flexibility index (Phi) is 5.57. The van der Waals surface area contributed by atoms with Crippen LogP contribution in [0, 0.1) is 0 Å². The predicted octanol–water partition coefficient (Wildman–Crippen LogP) is 3.01. The molecule has 0 amide bonds. The summed E-state index contributed by atoms with van der Waals surface area (Å²) in [5.41, 5.74) is 0.135. The third kappa shape index (κ3) is 2.96. The van der Waals surface area contributed by atoms with Crippen LogP contribution in [0.3, 0.4) is 0 Å². The fraction of sp³-hybridized carbons (Fsp3) is 0.562. The summed E-state index contributed by atoms with van der Waals surface area (Å²) in [7, 11) is 7.06. The van der Waals surface area contributed by atoms with E-state index in [-0.39, 0.29) is 5.78 Å². The van der Waals surface area contributed by atoms with Crippen LogP contribution in [0.5, 0.6) is 11.5 Å². The van der Waals surface area contributed by atoms with Gasteiger partial charge in [0.25, 0.3) is 0 Å². The molecule has 0 unspecified atom stereocenters. The second-order valence-corrected chi connectivity index (χ2v) is 5.06. The third-order valence-corrected chi connectivity index (χ3v) is 4.06. The van der Waals surface area contributed by atoms with Gasteiger partial charge in [-0.1, -0.05) is 13.8 Å². The molecule has 4 heteroatoms. The lowest BCUT2D eigenvalue weighted by Gasteiger charge is -2.37. The van der Waals surface area contributed by atoms with Gasteiger partial charge < -0.3 is 9.47 Å². The molecule has 0 aliphatic rings. The van der Waals surface area contributed by atoms with Crippen LogP contribution in [0.15, 0.2) is 18.2 Å². The molecule has 0 atom stereocenters. The lowest BCUT2D eigenvalue weighted by Crippen LogP contribution is -2.50. The van der Waals surface area contributed by atoms with E-state index in [1.807, 2.05) is 32.8 Å². The van der Waals surface area contributed by atoms with E-state index in [1.54, 1.807) is 32.4 Å². The molecule has 4 nitrogen and oxygen atoms in total. The molecule has 0 fully saturated rings. The molecule has 0 radical (unpaired) electrons. The van der Waals surface area contributed by atoms with Gasteiger partial charge in [0.15, 0.2) is 5.78 Å². The van der Waals surface area contributed by atoms with Gasteiger partial charge in [-0.15, -0.1) is 0 Å². The number of methoxy groups -OCH3 is 2. The van der Waals surface area contributed by atoms with Crippen molar-refractivity contribution in [1.29, 1.82) is 0 Å². The van der Waals surface area contributed by atoms with Crippen molar-refractivity contribution >= 4 is 5.78 Å². The Balaban J connectivity index is 3.31. The van der Waals surface area contributed by atoms with Crippen molar-refractivity contribution in [2.24, 2.45) is 0 Å². The highest BCUT2D eigenvalue weighted by Gasteiger charge is 2.37. The minimum Gasteiger partial charge on any atom is -0.497 e. The molecule has 0 aliphatic heterocycles. The Morgan fingerprint density at radius 2 is 1.50 bits per heavy atom. The van der Waals surface area contributed by atoms with Crippen molar-refractivity contribution in [3.05, 3.63) is 23.8 Å². The fourth-order valence-electron chi connectivity index (χ4n) is 2.61. The minimum absolute atomic E-state index is 0.102. The number of hydrogen-bond acceptors (Lipinski definition) is 4. The Labute approximate surface area is 121 Å². The number of rotatable bonds is 7. The number of likely N-dealkylation sites (N-methyl/N-ethyl adjacent to an activating group) is 1. The van der Waals surface area contributed by atoms with Crippen LogP contribution in [0.4, 0.5) is 0 Å². The summed E-state index contributed by atoms with van der Waals surface area (Å²) in [6, 6.07) is 5.31. The van der Waals surface area contributed by atoms with E-state index in [1.165, 1.54) is 0 Å². The highest BCUT2D eigenvalue weighted by molar-refractivity contribution is 6.03. The summed E-state index contributed by atoms with van der Waals surface area (Å²) in [6.07, 6.45) is 1.52. The van der Waals surface area contributed by atoms with Gasteiger partial charge in [0.1, 0.15) is 11.5 Å². The normalized spacial score (nSPS) is 11.6. The highest BCUT2D eigenvalue weighted by Crippen LogP contribution is 2.30. The summed E-state index contributed by atoms with van der Waals surface area (Å²) in [5.74, 6) is 1.37. The Hall–Kier alpha value is -1.55. The van der Waals surface area contributed by atoms with Crippen LogP contribution >= 0.6 is 0 Å². The quantitative estimate of drug-likeness (QED) is 0.719. The summed E-state index contributed by atoms with van der Waals surface area (Å²) < 4.78 is 10.5. The molecule has 0 saturated heterocycles. The molecule has 0 bridgehead atoms. The molecule has 1 aromatic rings.